The van der Waals surface area contributed by atoms with Crippen molar-refractivity contribution in [3.8, 4) is 0 Å². The van der Waals surface area contributed by atoms with Gasteiger partial charge in [0.25, 0.3) is 0 Å². The zero-order valence-corrected chi connectivity index (χ0v) is 29.7. The highest BCUT2D eigenvalue weighted by atomic mass is 127. The van der Waals surface area contributed by atoms with Crippen LogP contribution in [0.25, 0.3) is 0 Å². The van der Waals surface area contributed by atoms with Crippen molar-refractivity contribution in [2.45, 2.75) is 130 Å². The number of imide groups is 1. The van der Waals surface area contributed by atoms with Crippen molar-refractivity contribution in [3.63, 3.8) is 0 Å². The van der Waals surface area contributed by atoms with Crippen molar-refractivity contribution in [1.29, 1.82) is 0 Å². The Morgan fingerprint density at radius 3 is 1.76 bits per heavy atom. The molecule has 1 atom stereocenters. The van der Waals surface area contributed by atoms with E-state index in [4.69, 9.17) is 14.2 Å². The van der Waals surface area contributed by atoms with E-state index in [0.717, 1.165) is 23.4 Å². The lowest BCUT2D eigenvalue weighted by atomic mass is 10.0. The number of ether oxygens (including phenoxy) is 3. The van der Waals surface area contributed by atoms with Crippen LogP contribution in [0.15, 0.2) is 5.38 Å². The second kappa shape index (κ2) is 26.0. The predicted molar refractivity (Wildman–Crippen MR) is 164 cm³/mol. The van der Waals surface area contributed by atoms with Gasteiger partial charge in [-0.05, 0) is 13.3 Å². The maximum atomic E-state index is 12.6. The molecule has 0 radical (unpaired) electrons. The molecule has 11 heteroatoms. The van der Waals surface area contributed by atoms with Crippen molar-refractivity contribution in [2.75, 3.05) is 31.8 Å². The summed E-state index contributed by atoms with van der Waals surface area (Å²) in [5, 5.41) is 5.07. The number of hydrogen-bond acceptors (Lipinski definition) is 7. The van der Waals surface area contributed by atoms with Gasteiger partial charge in [-0.2, -0.15) is 4.79 Å². The topological polar surface area (TPSA) is 98.0 Å². The zero-order chi connectivity index (χ0) is 30.3. The van der Waals surface area contributed by atoms with Crippen LogP contribution in [0.5, 0.6) is 0 Å². The van der Waals surface area contributed by atoms with Crippen LogP contribution in [0.1, 0.15) is 122 Å². The van der Waals surface area contributed by atoms with Crippen LogP contribution in [0.3, 0.4) is 0 Å². The first kappa shape index (κ1) is 40.5. The minimum absolute atomic E-state index is 0. The van der Waals surface area contributed by atoms with Crippen molar-refractivity contribution >= 4 is 34.6 Å². The minimum atomic E-state index is -0.801. The molecule has 1 rings (SSSR count). The second-order valence-corrected chi connectivity index (χ2v) is 11.7. The van der Waals surface area contributed by atoms with Crippen LogP contribution in [0.2, 0.25) is 0 Å². The molecule has 0 saturated heterocycles. The summed E-state index contributed by atoms with van der Waals surface area (Å²) in [6, 6.07) is 0. The Morgan fingerprint density at radius 2 is 1.33 bits per heavy atom. The number of aromatic nitrogens is 1. The third kappa shape index (κ3) is 18.3. The number of methoxy groups -OCH3 is 1. The van der Waals surface area contributed by atoms with Gasteiger partial charge in [-0.3, -0.25) is 0 Å². The summed E-state index contributed by atoms with van der Waals surface area (Å²) in [5.74, 6) is -0.453. The number of thiazole rings is 1. The van der Waals surface area contributed by atoms with Gasteiger partial charge in [0.15, 0.2) is 0 Å². The SMILES string of the molecule is CCCCCCCCCCCCCCCCCCNC(=O)OCC(COC(=O)N(C(C)=O)c1scc(C)[n+]1C)OC.[I-]. The summed E-state index contributed by atoms with van der Waals surface area (Å²) in [5.41, 5.74) is 0.915. The molecule has 0 aliphatic carbocycles. The summed E-state index contributed by atoms with van der Waals surface area (Å²) in [7, 11) is 3.22. The number of anilines is 1. The number of carbonyl (C=O) groups is 3. The lowest BCUT2D eigenvalue weighted by molar-refractivity contribution is -0.660. The first-order chi connectivity index (χ1) is 19.8. The van der Waals surface area contributed by atoms with Gasteiger partial charge in [0, 0.05) is 26.0 Å². The molecule has 42 heavy (non-hydrogen) atoms. The molecule has 1 unspecified atom stereocenters. The summed E-state index contributed by atoms with van der Waals surface area (Å²) in [4.78, 5) is 37.7. The average Bonchev–Trinajstić information content (AvgIpc) is 3.27. The van der Waals surface area contributed by atoms with Crippen LogP contribution in [0, 0.1) is 6.92 Å². The Balaban J connectivity index is 0.0000168. The number of amides is 3. The van der Waals surface area contributed by atoms with E-state index in [1.54, 1.807) is 11.6 Å². The number of nitrogens with one attached hydrogen (secondary N) is 1. The van der Waals surface area contributed by atoms with Crippen molar-refractivity contribution in [1.82, 2.24) is 5.32 Å². The number of nitrogens with zero attached hydrogens (tertiary/aromatic N) is 2. The molecular formula is C31H56IN3O6S. The molecule has 0 bridgehead atoms. The van der Waals surface area contributed by atoms with E-state index in [1.807, 2.05) is 12.3 Å². The monoisotopic (exact) mass is 725 g/mol. The summed E-state index contributed by atoms with van der Waals surface area (Å²) < 4.78 is 17.5. The molecule has 0 aliphatic heterocycles. The van der Waals surface area contributed by atoms with Crippen molar-refractivity contribution < 1.29 is 57.1 Å². The van der Waals surface area contributed by atoms with Crippen LogP contribution >= 0.6 is 11.3 Å². The maximum absolute atomic E-state index is 12.6. The Kier molecular flexibility index (Phi) is 25.1. The Hall–Kier alpha value is -1.47. The van der Waals surface area contributed by atoms with E-state index in [1.165, 1.54) is 115 Å². The molecule has 3 amide bonds. The van der Waals surface area contributed by atoms with Crippen LogP contribution in [-0.2, 0) is 26.1 Å². The quantitative estimate of drug-likeness (QED) is 0.102. The highest BCUT2D eigenvalue weighted by Gasteiger charge is 2.35. The second-order valence-electron chi connectivity index (χ2n) is 10.8. The van der Waals surface area contributed by atoms with Crippen molar-refractivity contribution in [3.05, 3.63) is 11.1 Å². The molecule has 9 nitrogen and oxygen atoms in total. The number of unbranched alkanes of at least 4 members (excludes halogenated alkanes) is 15. The lowest BCUT2D eigenvalue weighted by Gasteiger charge is -2.17. The number of aryl methyl sites for hydroxylation is 1. The normalized spacial score (nSPS) is 11.5. The van der Waals surface area contributed by atoms with E-state index in [2.05, 4.69) is 12.2 Å². The minimum Gasteiger partial charge on any atom is -1.00 e. The number of alkyl carbamates (subject to hydrolysis) is 1. The maximum Gasteiger partial charge on any atom is 0.515 e. The molecular weight excluding hydrogens is 669 g/mol. The van der Waals surface area contributed by atoms with Gasteiger partial charge in [0.05, 0.1) is 7.05 Å². The first-order valence-electron chi connectivity index (χ1n) is 15.7. The summed E-state index contributed by atoms with van der Waals surface area (Å²) in [6.45, 7) is 5.79. The van der Waals surface area contributed by atoms with Gasteiger partial charge in [-0.1, -0.05) is 119 Å². The number of carbonyl (C=O) groups excluding carboxylic acids is 3. The van der Waals surface area contributed by atoms with Gasteiger partial charge in [-0.25, -0.2) is 14.2 Å². The highest BCUT2D eigenvalue weighted by Crippen LogP contribution is 2.19. The average molecular weight is 726 g/mol. The number of hydrogen-bond donors (Lipinski definition) is 1. The molecule has 1 aromatic rings. The zero-order valence-electron chi connectivity index (χ0n) is 26.7. The standard InChI is InChI=1S/C31H55N3O6S.HI/c1-6-7-8-9-10-11-12-13-14-15-16-17-18-19-20-21-22-32-29(36)39-23-28(38-5)24-40-31(37)34(27(3)35)30-33(4)26(2)25-41-30;/h25,28H,6-24H2,1-5H3;1H. The number of rotatable bonds is 23. The molecule has 1 aromatic heterocycles. The number of halogens is 1. The van der Waals surface area contributed by atoms with Crippen molar-refractivity contribution in [2.24, 2.45) is 7.05 Å². The Morgan fingerprint density at radius 1 is 0.857 bits per heavy atom. The van der Waals surface area contributed by atoms with E-state index >= 15 is 0 Å². The lowest BCUT2D eigenvalue weighted by Crippen LogP contribution is -3.00. The molecule has 244 valence electrons. The first-order valence-corrected chi connectivity index (χ1v) is 16.5. The van der Waals surface area contributed by atoms with Gasteiger partial charge in [0.1, 0.15) is 25.0 Å². The van der Waals surface area contributed by atoms with Gasteiger partial charge < -0.3 is 43.5 Å². The highest BCUT2D eigenvalue weighted by molar-refractivity contribution is 7.13. The molecule has 1 heterocycles. The van der Waals surface area contributed by atoms with Crippen LogP contribution in [0.4, 0.5) is 14.7 Å². The van der Waals surface area contributed by atoms with E-state index in [9.17, 15) is 14.4 Å². The molecule has 0 aliphatic rings. The molecule has 0 aromatic carbocycles. The van der Waals surface area contributed by atoms with Gasteiger partial charge in [-0.15, -0.1) is 0 Å². The fraction of sp³-hybridized carbons (Fsp3) is 0.806. The molecule has 0 saturated carbocycles. The van der Waals surface area contributed by atoms with E-state index in [-0.39, 0.29) is 37.2 Å². The molecule has 0 spiro atoms. The molecule has 0 fully saturated rings. The smallest absolute Gasteiger partial charge is 0.515 e. The van der Waals surface area contributed by atoms with Gasteiger partial charge in [0.2, 0.25) is 0 Å². The van der Waals surface area contributed by atoms with Gasteiger partial charge >= 0.3 is 23.2 Å². The van der Waals surface area contributed by atoms with Crippen LogP contribution in [-0.4, -0.2) is 51.1 Å². The third-order valence-electron chi connectivity index (χ3n) is 7.27. The van der Waals surface area contributed by atoms with Crippen LogP contribution < -0.4 is 38.8 Å². The predicted octanol–water partition coefficient (Wildman–Crippen LogP) is 4.38. The summed E-state index contributed by atoms with van der Waals surface area (Å²) >= 11 is 1.27. The Bertz CT molecular complexity index is 870. The molecule has 1 N–H and O–H groups in total. The van der Waals surface area contributed by atoms with E-state index < -0.39 is 24.2 Å². The largest absolute Gasteiger partial charge is 1.00 e. The fourth-order valence-electron chi connectivity index (χ4n) is 4.49. The summed E-state index contributed by atoms with van der Waals surface area (Å²) in [6.07, 6.45) is 19.0. The van der Waals surface area contributed by atoms with E-state index in [0.29, 0.717) is 11.7 Å². The third-order valence-corrected chi connectivity index (χ3v) is 8.39. The Labute approximate surface area is 275 Å². The fourth-order valence-corrected chi connectivity index (χ4v) is 5.53.